The van der Waals surface area contributed by atoms with E-state index in [2.05, 4.69) is 15.6 Å². The number of rotatable bonds is 1. The summed E-state index contributed by atoms with van der Waals surface area (Å²) in [5.41, 5.74) is 0.730. The summed E-state index contributed by atoms with van der Waals surface area (Å²) in [4.78, 5) is 14.8. The molecule has 0 aliphatic rings. The topological polar surface area (TPSA) is 54.0 Å². The molecule has 0 spiro atoms. The zero-order chi connectivity index (χ0) is 9.14. The molecule has 6 heteroatoms. The summed E-state index contributed by atoms with van der Waals surface area (Å²) in [6.45, 7) is 1.79. The molecule has 12 heavy (non-hydrogen) atoms. The van der Waals surface area contributed by atoms with Gasteiger partial charge in [-0.25, -0.2) is 9.78 Å². The first-order valence-corrected chi connectivity index (χ1v) is 4.44. The van der Waals surface area contributed by atoms with E-state index in [-0.39, 0.29) is 6.03 Å². The van der Waals surface area contributed by atoms with Crippen LogP contribution in [0.3, 0.4) is 0 Å². The highest BCUT2D eigenvalue weighted by Crippen LogP contribution is 2.26. The molecule has 0 saturated carbocycles. The van der Waals surface area contributed by atoms with Crippen LogP contribution in [-0.2, 0) is 0 Å². The summed E-state index contributed by atoms with van der Waals surface area (Å²) < 4.78 is 0.599. The highest BCUT2D eigenvalue weighted by atomic mass is 35.5. The molecule has 0 atom stereocenters. The van der Waals surface area contributed by atoms with Gasteiger partial charge in [-0.15, -0.1) is 0 Å². The predicted octanol–water partition coefficient (Wildman–Crippen LogP) is 1.86. The van der Waals surface area contributed by atoms with Crippen molar-refractivity contribution in [3.8, 4) is 0 Å². The lowest BCUT2D eigenvalue weighted by atomic mass is 10.6. The molecular formula is C6H8ClN3OS. The van der Waals surface area contributed by atoms with E-state index in [1.54, 1.807) is 6.92 Å². The molecule has 0 unspecified atom stereocenters. The molecule has 1 heterocycles. The largest absolute Gasteiger partial charge is 0.341 e. The first-order chi connectivity index (χ1) is 5.63. The van der Waals surface area contributed by atoms with Crippen molar-refractivity contribution < 1.29 is 4.79 Å². The Morgan fingerprint density at radius 2 is 2.33 bits per heavy atom. The lowest BCUT2D eigenvalue weighted by Gasteiger charge is -1.97. The van der Waals surface area contributed by atoms with Crippen molar-refractivity contribution in [2.75, 3.05) is 12.4 Å². The van der Waals surface area contributed by atoms with Gasteiger partial charge in [0.2, 0.25) is 0 Å². The molecule has 2 N–H and O–H groups in total. The maximum Gasteiger partial charge on any atom is 0.320 e. The maximum absolute atomic E-state index is 10.8. The second-order valence-electron chi connectivity index (χ2n) is 2.08. The monoisotopic (exact) mass is 205 g/mol. The average molecular weight is 206 g/mol. The molecule has 0 aliphatic carbocycles. The van der Waals surface area contributed by atoms with Crippen LogP contribution < -0.4 is 10.6 Å². The number of urea groups is 1. The number of hydrogen-bond donors (Lipinski definition) is 2. The van der Waals surface area contributed by atoms with Crippen LogP contribution in [0.1, 0.15) is 5.69 Å². The van der Waals surface area contributed by atoms with Crippen molar-refractivity contribution in [1.82, 2.24) is 10.3 Å². The molecule has 0 fully saturated rings. The fraction of sp³-hybridized carbons (Fsp3) is 0.333. The van der Waals surface area contributed by atoms with Gasteiger partial charge < -0.3 is 5.32 Å². The molecule has 0 aliphatic heterocycles. The van der Waals surface area contributed by atoms with Gasteiger partial charge in [0.05, 0.1) is 5.69 Å². The molecule has 0 saturated heterocycles. The number of aryl methyl sites for hydroxylation is 1. The minimum absolute atomic E-state index is 0.291. The van der Waals surface area contributed by atoms with E-state index in [4.69, 9.17) is 11.6 Å². The summed E-state index contributed by atoms with van der Waals surface area (Å²) in [5.74, 6) is 0. The van der Waals surface area contributed by atoms with Gasteiger partial charge in [0.15, 0.2) is 5.13 Å². The van der Waals surface area contributed by atoms with Gasteiger partial charge in [0.1, 0.15) is 4.34 Å². The third-order valence-electron chi connectivity index (χ3n) is 1.19. The van der Waals surface area contributed by atoms with Crippen LogP contribution in [0.4, 0.5) is 9.93 Å². The van der Waals surface area contributed by atoms with Crippen molar-refractivity contribution in [3.63, 3.8) is 0 Å². The number of aromatic nitrogens is 1. The standard InChI is InChI=1S/C6H8ClN3OS/c1-3-4(7)12-6(9-3)10-5(11)8-2/h1-2H3,(H2,8,9,10,11). The zero-order valence-electron chi connectivity index (χ0n) is 6.64. The van der Waals surface area contributed by atoms with Gasteiger partial charge in [-0.3, -0.25) is 5.32 Å². The number of thiazole rings is 1. The summed E-state index contributed by atoms with van der Waals surface area (Å²) in [5, 5.41) is 5.45. The Balaban J connectivity index is 2.70. The Morgan fingerprint density at radius 3 is 2.75 bits per heavy atom. The highest BCUT2D eigenvalue weighted by molar-refractivity contribution is 7.19. The number of halogens is 1. The summed E-state index contributed by atoms with van der Waals surface area (Å²) in [6, 6.07) is -0.291. The fourth-order valence-corrected chi connectivity index (χ4v) is 1.54. The minimum atomic E-state index is -0.291. The van der Waals surface area contributed by atoms with Crippen molar-refractivity contribution in [1.29, 1.82) is 0 Å². The number of carbonyl (C=O) groups is 1. The van der Waals surface area contributed by atoms with Gasteiger partial charge in [-0.1, -0.05) is 22.9 Å². The Labute approximate surface area is 79.0 Å². The van der Waals surface area contributed by atoms with Gasteiger partial charge in [-0.2, -0.15) is 0 Å². The van der Waals surface area contributed by atoms with E-state index in [1.807, 2.05) is 0 Å². The first kappa shape index (κ1) is 9.28. The van der Waals surface area contributed by atoms with Crippen molar-refractivity contribution in [2.45, 2.75) is 6.92 Å². The Kier molecular flexibility index (Phi) is 2.88. The van der Waals surface area contributed by atoms with E-state index in [1.165, 1.54) is 18.4 Å². The third kappa shape index (κ3) is 2.09. The van der Waals surface area contributed by atoms with Crippen molar-refractivity contribution >= 4 is 34.1 Å². The van der Waals surface area contributed by atoms with Gasteiger partial charge in [0, 0.05) is 7.05 Å². The Bertz CT molecular complexity index is 279. The van der Waals surface area contributed by atoms with Crippen LogP contribution in [-0.4, -0.2) is 18.1 Å². The normalized spacial score (nSPS) is 9.58. The molecule has 4 nitrogen and oxygen atoms in total. The van der Waals surface area contributed by atoms with Crippen LogP contribution >= 0.6 is 22.9 Å². The minimum Gasteiger partial charge on any atom is -0.341 e. The number of amides is 2. The van der Waals surface area contributed by atoms with Crippen LogP contribution in [0, 0.1) is 6.92 Å². The van der Waals surface area contributed by atoms with Crippen molar-refractivity contribution in [2.24, 2.45) is 0 Å². The number of nitrogens with one attached hydrogen (secondary N) is 2. The molecule has 66 valence electrons. The average Bonchev–Trinajstić information content (AvgIpc) is 2.31. The molecule has 1 aromatic rings. The lowest BCUT2D eigenvalue weighted by Crippen LogP contribution is -2.24. The number of anilines is 1. The van der Waals surface area contributed by atoms with E-state index in [0.29, 0.717) is 9.47 Å². The van der Waals surface area contributed by atoms with Gasteiger partial charge >= 0.3 is 6.03 Å². The molecule has 1 rings (SSSR count). The lowest BCUT2D eigenvalue weighted by molar-refractivity contribution is 0.254. The molecule has 1 aromatic heterocycles. The van der Waals surface area contributed by atoms with E-state index in [0.717, 1.165) is 5.69 Å². The fourth-order valence-electron chi connectivity index (χ4n) is 0.591. The van der Waals surface area contributed by atoms with Crippen molar-refractivity contribution in [3.05, 3.63) is 10.0 Å². The third-order valence-corrected chi connectivity index (χ3v) is 2.55. The second-order valence-corrected chi connectivity index (χ2v) is 3.68. The predicted molar refractivity (Wildman–Crippen MR) is 49.9 cm³/mol. The maximum atomic E-state index is 10.8. The van der Waals surface area contributed by atoms with Crippen LogP contribution in [0.25, 0.3) is 0 Å². The number of nitrogens with zero attached hydrogens (tertiary/aromatic N) is 1. The number of carbonyl (C=O) groups excluding carboxylic acids is 1. The molecule has 0 bridgehead atoms. The summed E-state index contributed by atoms with van der Waals surface area (Å²) >= 11 is 6.98. The summed E-state index contributed by atoms with van der Waals surface area (Å²) in [6.07, 6.45) is 0. The smallest absolute Gasteiger partial charge is 0.320 e. The van der Waals surface area contributed by atoms with Crippen LogP contribution in [0.15, 0.2) is 0 Å². The molecular weight excluding hydrogens is 198 g/mol. The highest BCUT2D eigenvalue weighted by Gasteiger charge is 2.06. The van der Waals surface area contributed by atoms with Crippen LogP contribution in [0.2, 0.25) is 4.34 Å². The molecule has 0 radical (unpaired) electrons. The Morgan fingerprint density at radius 1 is 1.67 bits per heavy atom. The first-order valence-electron chi connectivity index (χ1n) is 3.25. The molecule has 2 amide bonds. The van der Waals surface area contributed by atoms with Gasteiger partial charge in [-0.05, 0) is 6.92 Å². The second kappa shape index (κ2) is 3.73. The number of hydrogen-bond acceptors (Lipinski definition) is 3. The quantitative estimate of drug-likeness (QED) is 0.735. The molecule has 0 aromatic carbocycles. The van der Waals surface area contributed by atoms with E-state index < -0.39 is 0 Å². The summed E-state index contributed by atoms with van der Waals surface area (Å²) in [7, 11) is 1.54. The van der Waals surface area contributed by atoms with E-state index >= 15 is 0 Å². The zero-order valence-corrected chi connectivity index (χ0v) is 8.21. The van der Waals surface area contributed by atoms with Crippen LogP contribution in [0.5, 0.6) is 0 Å². The SMILES string of the molecule is CNC(=O)Nc1nc(C)c(Cl)s1. The van der Waals surface area contributed by atoms with E-state index in [9.17, 15) is 4.79 Å². The Hall–Kier alpha value is -0.810. The van der Waals surface area contributed by atoms with Gasteiger partial charge in [0.25, 0.3) is 0 Å².